The standard InChI is InChI=1S/C8H11NOS/c1-3-4-8(5-10)7(2)11-6-9/h5H,3-4H2,1-2H3. The zero-order valence-electron chi connectivity index (χ0n) is 6.76. The minimum absolute atomic E-state index is 0.749. The van der Waals surface area contributed by atoms with Crippen LogP contribution in [-0.2, 0) is 4.79 Å². The monoisotopic (exact) mass is 169 g/mol. The summed E-state index contributed by atoms with van der Waals surface area (Å²) in [6, 6.07) is 0. The van der Waals surface area contributed by atoms with Crippen molar-refractivity contribution >= 4 is 18.0 Å². The van der Waals surface area contributed by atoms with Crippen LogP contribution in [0.15, 0.2) is 10.5 Å². The van der Waals surface area contributed by atoms with Crippen LogP contribution in [0.2, 0.25) is 0 Å². The highest BCUT2D eigenvalue weighted by Crippen LogP contribution is 2.19. The number of nitriles is 1. The molecule has 0 fully saturated rings. The van der Waals surface area contributed by atoms with Gasteiger partial charge in [-0.1, -0.05) is 13.3 Å². The summed E-state index contributed by atoms with van der Waals surface area (Å²) in [6.07, 6.45) is 2.55. The van der Waals surface area contributed by atoms with Gasteiger partial charge < -0.3 is 0 Å². The summed E-state index contributed by atoms with van der Waals surface area (Å²) in [5, 5.41) is 10.3. The first-order chi connectivity index (χ1) is 5.26. The summed E-state index contributed by atoms with van der Waals surface area (Å²) in [5.74, 6) is 0. The van der Waals surface area contributed by atoms with Crippen LogP contribution in [0.25, 0.3) is 0 Å². The Bertz CT molecular complexity index is 203. The molecule has 0 spiro atoms. The van der Waals surface area contributed by atoms with Crippen LogP contribution in [-0.4, -0.2) is 6.29 Å². The van der Waals surface area contributed by atoms with Gasteiger partial charge in [-0.3, -0.25) is 4.79 Å². The number of thioether (sulfide) groups is 1. The molecule has 0 aliphatic carbocycles. The molecule has 0 aromatic carbocycles. The van der Waals surface area contributed by atoms with Gasteiger partial charge >= 0.3 is 0 Å². The topological polar surface area (TPSA) is 40.9 Å². The summed E-state index contributed by atoms with van der Waals surface area (Å²) in [4.78, 5) is 11.3. The van der Waals surface area contributed by atoms with E-state index >= 15 is 0 Å². The molecule has 11 heavy (non-hydrogen) atoms. The van der Waals surface area contributed by atoms with Crippen molar-refractivity contribution in [3.63, 3.8) is 0 Å². The molecular formula is C8H11NOS. The molecule has 0 bridgehead atoms. The van der Waals surface area contributed by atoms with Crippen molar-refractivity contribution in [1.29, 1.82) is 5.26 Å². The number of nitrogens with zero attached hydrogens (tertiary/aromatic N) is 1. The molecule has 60 valence electrons. The van der Waals surface area contributed by atoms with Crippen molar-refractivity contribution in [3.05, 3.63) is 10.5 Å². The van der Waals surface area contributed by atoms with E-state index in [0.717, 1.165) is 41.4 Å². The van der Waals surface area contributed by atoms with Gasteiger partial charge in [0.25, 0.3) is 0 Å². The summed E-state index contributed by atoms with van der Waals surface area (Å²) in [6.45, 7) is 3.81. The number of aldehydes is 1. The minimum atomic E-state index is 0.749. The van der Waals surface area contributed by atoms with Crippen LogP contribution in [0.3, 0.4) is 0 Å². The zero-order chi connectivity index (χ0) is 8.69. The number of hydrogen-bond donors (Lipinski definition) is 0. The van der Waals surface area contributed by atoms with Crippen molar-refractivity contribution in [3.8, 4) is 5.40 Å². The predicted molar refractivity (Wildman–Crippen MR) is 46.9 cm³/mol. The average molecular weight is 169 g/mol. The fraction of sp³-hybridized carbons (Fsp3) is 0.500. The van der Waals surface area contributed by atoms with Crippen LogP contribution in [0, 0.1) is 10.7 Å². The van der Waals surface area contributed by atoms with Gasteiger partial charge in [0, 0.05) is 10.5 Å². The second kappa shape index (κ2) is 5.99. The van der Waals surface area contributed by atoms with E-state index in [9.17, 15) is 4.79 Å². The van der Waals surface area contributed by atoms with E-state index in [-0.39, 0.29) is 0 Å². The van der Waals surface area contributed by atoms with Crippen molar-refractivity contribution in [1.82, 2.24) is 0 Å². The van der Waals surface area contributed by atoms with Crippen LogP contribution in [0.4, 0.5) is 0 Å². The first-order valence-electron chi connectivity index (χ1n) is 3.47. The Kier molecular flexibility index (Phi) is 5.58. The van der Waals surface area contributed by atoms with E-state index in [0.29, 0.717) is 0 Å². The lowest BCUT2D eigenvalue weighted by Gasteiger charge is -1.98. The summed E-state index contributed by atoms with van der Waals surface area (Å²) < 4.78 is 0. The molecule has 0 aliphatic rings. The Morgan fingerprint density at radius 2 is 2.36 bits per heavy atom. The van der Waals surface area contributed by atoms with Gasteiger partial charge in [0.1, 0.15) is 11.7 Å². The third-order valence-corrected chi connectivity index (χ3v) is 1.97. The number of allylic oxidation sites excluding steroid dienone is 2. The highest BCUT2D eigenvalue weighted by Gasteiger charge is 1.99. The van der Waals surface area contributed by atoms with Crippen molar-refractivity contribution in [2.75, 3.05) is 0 Å². The highest BCUT2D eigenvalue weighted by atomic mass is 32.2. The van der Waals surface area contributed by atoms with Gasteiger partial charge in [-0.05, 0) is 25.1 Å². The smallest absolute Gasteiger partial charge is 0.146 e. The fourth-order valence-corrected chi connectivity index (χ4v) is 1.14. The van der Waals surface area contributed by atoms with E-state index in [1.54, 1.807) is 6.92 Å². The summed E-state index contributed by atoms with van der Waals surface area (Å²) in [5.41, 5.74) is 0.749. The molecule has 2 nitrogen and oxygen atoms in total. The Labute approximate surface area is 71.3 Å². The normalized spacial score (nSPS) is 11.7. The SMILES string of the molecule is CCCC(C=O)=C(C)SC#N. The minimum Gasteiger partial charge on any atom is -0.298 e. The highest BCUT2D eigenvalue weighted by molar-refractivity contribution is 8.07. The van der Waals surface area contributed by atoms with Crippen LogP contribution >= 0.6 is 11.8 Å². The van der Waals surface area contributed by atoms with E-state index in [1.807, 2.05) is 12.3 Å². The first-order valence-corrected chi connectivity index (χ1v) is 4.28. The Balaban J connectivity index is 4.29. The number of thiocyanates is 1. The van der Waals surface area contributed by atoms with Gasteiger partial charge in [-0.25, -0.2) is 0 Å². The van der Waals surface area contributed by atoms with Crippen molar-refractivity contribution < 1.29 is 4.79 Å². The molecular weight excluding hydrogens is 158 g/mol. The maximum absolute atomic E-state index is 10.4. The average Bonchev–Trinajstić information content (AvgIpc) is 2.00. The largest absolute Gasteiger partial charge is 0.298 e. The molecule has 0 amide bonds. The third-order valence-electron chi connectivity index (χ3n) is 1.31. The van der Waals surface area contributed by atoms with E-state index in [4.69, 9.17) is 5.26 Å². The van der Waals surface area contributed by atoms with Gasteiger partial charge in [0.05, 0.1) is 0 Å². The molecule has 0 N–H and O–H groups in total. The van der Waals surface area contributed by atoms with E-state index in [2.05, 4.69) is 0 Å². The maximum atomic E-state index is 10.4. The number of carbonyl (C=O) groups excluding carboxylic acids is 1. The molecule has 0 unspecified atom stereocenters. The van der Waals surface area contributed by atoms with Gasteiger partial charge in [-0.2, -0.15) is 5.26 Å². The van der Waals surface area contributed by atoms with Crippen molar-refractivity contribution in [2.24, 2.45) is 0 Å². The van der Waals surface area contributed by atoms with Gasteiger partial charge in [-0.15, -0.1) is 0 Å². The number of carbonyl (C=O) groups is 1. The Hall–Kier alpha value is -0.750. The maximum Gasteiger partial charge on any atom is 0.146 e. The van der Waals surface area contributed by atoms with Gasteiger partial charge in [0.15, 0.2) is 0 Å². The van der Waals surface area contributed by atoms with Crippen LogP contribution < -0.4 is 0 Å². The Morgan fingerprint density at radius 1 is 1.73 bits per heavy atom. The molecule has 0 aromatic heterocycles. The van der Waals surface area contributed by atoms with Gasteiger partial charge in [0.2, 0.25) is 0 Å². The molecule has 0 heterocycles. The van der Waals surface area contributed by atoms with E-state index in [1.165, 1.54) is 0 Å². The molecule has 0 atom stereocenters. The number of hydrogen-bond acceptors (Lipinski definition) is 3. The second-order valence-electron chi connectivity index (χ2n) is 2.14. The van der Waals surface area contributed by atoms with E-state index < -0.39 is 0 Å². The lowest BCUT2D eigenvalue weighted by molar-refractivity contribution is -0.105. The summed E-state index contributed by atoms with van der Waals surface area (Å²) >= 11 is 1.06. The first kappa shape index (κ1) is 10.2. The van der Waals surface area contributed by atoms with Crippen LogP contribution in [0.5, 0.6) is 0 Å². The Morgan fingerprint density at radius 3 is 2.73 bits per heavy atom. The van der Waals surface area contributed by atoms with Crippen LogP contribution in [0.1, 0.15) is 26.7 Å². The quantitative estimate of drug-likeness (QED) is 0.369. The zero-order valence-corrected chi connectivity index (χ0v) is 7.57. The molecule has 0 saturated carbocycles. The predicted octanol–water partition coefficient (Wildman–Crippen LogP) is 2.47. The second-order valence-corrected chi connectivity index (χ2v) is 3.14. The molecule has 3 heteroatoms. The lowest BCUT2D eigenvalue weighted by atomic mass is 10.2. The molecule has 0 radical (unpaired) electrons. The lowest BCUT2D eigenvalue weighted by Crippen LogP contribution is -1.86. The third kappa shape index (κ3) is 3.84. The molecule has 0 rings (SSSR count). The molecule has 0 aromatic rings. The number of rotatable bonds is 4. The fourth-order valence-electron chi connectivity index (χ4n) is 0.721. The molecule has 0 aliphatic heterocycles. The van der Waals surface area contributed by atoms with Crippen molar-refractivity contribution in [2.45, 2.75) is 26.7 Å². The summed E-state index contributed by atoms with van der Waals surface area (Å²) in [7, 11) is 0. The molecule has 0 saturated heterocycles.